The fraction of sp³-hybridized carbons (Fsp3) is 0.300. The van der Waals surface area contributed by atoms with Crippen LogP contribution in [-0.4, -0.2) is 36.2 Å². The highest BCUT2D eigenvalue weighted by Gasteiger charge is 2.26. The van der Waals surface area contributed by atoms with Gasteiger partial charge in [-0.3, -0.25) is 4.79 Å². The van der Waals surface area contributed by atoms with Gasteiger partial charge < -0.3 is 20.1 Å². The van der Waals surface area contributed by atoms with Crippen molar-refractivity contribution in [1.82, 2.24) is 4.98 Å². The molecule has 1 amide bonds. The highest BCUT2D eigenvalue weighted by atomic mass is 32.1. The Bertz CT molecular complexity index is 947. The predicted octanol–water partition coefficient (Wildman–Crippen LogP) is 3.87. The number of rotatable bonds is 4. The van der Waals surface area contributed by atoms with Crippen LogP contribution in [0.15, 0.2) is 42.5 Å². The molecule has 0 unspecified atom stereocenters. The molecule has 1 aliphatic heterocycles. The number of hydrogen-bond donors (Lipinski definition) is 2. The molecule has 0 saturated carbocycles. The zero-order valence-corrected chi connectivity index (χ0v) is 15.8. The number of phenolic OH excluding ortho intramolecular Hbond substituents is 1. The molecular formula is C20H21N3O3S. The van der Waals surface area contributed by atoms with Crippen LogP contribution in [0, 0.1) is 5.92 Å². The summed E-state index contributed by atoms with van der Waals surface area (Å²) in [5.41, 5.74) is 1.68. The Morgan fingerprint density at radius 3 is 2.67 bits per heavy atom. The Morgan fingerprint density at radius 2 is 1.96 bits per heavy atom. The number of aromatic hydroxyl groups is 1. The lowest BCUT2D eigenvalue weighted by Gasteiger charge is -2.31. The molecule has 2 heterocycles. The molecule has 0 aliphatic carbocycles. The first-order valence-electron chi connectivity index (χ1n) is 8.92. The van der Waals surface area contributed by atoms with E-state index in [1.807, 2.05) is 18.2 Å². The number of ether oxygens (including phenoxy) is 1. The summed E-state index contributed by atoms with van der Waals surface area (Å²) in [5.74, 6) is 1.05. The lowest BCUT2D eigenvalue weighted by atomic mass is 9.96. The molecule has 7 heteroatoms. The molecule has 1 fully saturated rings. The second-order valence-corrected chi connectivity index (χ2v) is 7.64. The SMILES string of the molecule is COc1ccc2nc(N3CCC(C(=O)Nc4ccc(O)cc4)CC3)sc2c1. The highest BCUT2D eigenvalue weighted by molar-refractivity contribution is 7.22. The monoisotopic (exact) mass is 383 g/mol. The number of piperidine rings is 1. The fourth-order valence-electron chi connectivity index (χ4n) is 3.28. The lowest BCUT2D eigenvalue weighted by molar-refractivity contribution is -0.120. The van der Waals surface area contributed by atoms with Gasteiger partial charge in [-0.1, -0.05) is 11.3 Å². The molecule has 1 aromatic heterocycles. The van der Waals surface area contributed by atoms with Crippen molar-refractivity contribution in [3.63, 3.8) is 0 Å². The van der Waals surface area contributed by atoms with E-state index in [9.17, 15) is 9.90 Å². The molecule has 0 atom stereocenters. The average molecular weight is 383 g/mol. The van der Waals surface area contributed by atoms with Gasteiger partial charge in [0.1, 0.15) is 11.5 Å². The largest absolute Gasteiger partial charge is 0.508 e. The second-order valence-electron chi connectivity index (χ2n) is 6.63. The number of nitrogens with zero attached hydrogens (tertiary/aromatic N) is 2. The van der Waals surface area contributed by atoms with Crippen LogP contribution in [0.3, 0.4) is 0 Å². The van der Waals surface area contributed by atoms with Crippen molar-refractivity contribution < 1.29 is 14.6 Å². The van der Waals surface area contributed by atoms with E-state index in [2.05, 4.69) is 10.2 Å². The number of carbonyl (C=O) groups excluding carboxylic acids is 1. The number of phenols is 1. The van der Waals surface area contributed by atoms with Gasteiger partial charge in [0.2, 0.25) is 5.91 Å². The van der Waals surface area contributed by atoms with Crippen LogP contribution in [0.25, 0.3) is 10.2 Å². The molecule has 1 aliphatic rings. The zero-order chi connectivity index (χ0) is 18.8. The van der Waals surface area contributed by atoms with E-state index in [1.165, 1.54) is 0 Å². The van der Waals surface area contributed by atoms with Crippen molar-refractivity contribution in [3.05, 3.63) is 42.5 Å². The topological polar surface area (TPSA) is 74.7 Å². The molecule has 0 spiro atoms. The van der Waals surface area contributed by atoms with Crippen LogP contribution >= 0.6 is 11.3 Å². The third-order valence-corrected chi connectivity index (χ3v) is 5.93. The van der Waals surface area contributed by atoms with Gasteiger partial charge in [-0.15, -0.1) is 0 Å². The molecule has 0 radical (unpaired) electrons. The number of aromatic nitrogens is 1. The van der Waals surface area contributed by atoms with Crippen molar-refractivity contribution in [2.45, 2.75) is 12.8 Å². The van der Waals surface area contributed by atoms with Crippen molar-refractivity contribution in [1.29, 1.82) is 0 Å². The van der Waals surface area contributed by atoms with E-state index in [4.69, 9.17) is 9.72 Å². The standard InChI is InChI=1S/C20H21N3O3S/c1-26-16-6-7-17-18(12-16)27-20(22-17)23-10-8-13(9-11-23)19(25)21-14-2-4-15(24)5-3-14/h2-7,12-13,24H,8-11H2,1H3,(H,21,25). The summed E-state index contributed by atoms with van der Waals surface area (Å²) in [5, 5.41) is 13.3. The summed E-state index contributed by atoms with van der Waals surface area (Å²) in [6, 6.07) is 12.5. The Hall–Kier alpha value is -2.80. The molecule has 3 aromatic rings. The number of carbonyl (C=O) groups is 1. The third kappa shape index (κ3) is 3.83. The number of benzene rings is 2. The highest BCUT2D eigenvalue weighted by Crippen LogP contribution is 2.33. The number of amides is 1. The van der Waals surface area contributed by atoms with E-state index in [-0.39, 0.29) is 17.6 Å². The number of fused-ring (bicyclic) bond motifs is 1. The van der Waals surface area contributed by atoms with E-state index in [0.29, 0.717) is 5.69 Å². The summed E-state index contributed by atoms with van der Waals surface area (Å²) in [6.07, 6.45) is 1.59. The van der Waals surface area contributed by atoms with Gasteiger partial charge in [0.05, 0.1) is 17.3 Å². The van der Waals surface area contributed by atoms with Crippen molar-refractivity contribution in [2.75, 3.05) is 30.4 Å². The smallest absolute Gasteiger partial charge is 0.227 e. The number of anilines is 2. The molecule has 2 aromatic carbocycles. The van der Waals surface area contributed by atoms with Gasteiger partial charge in [0, 0.05) is 24.7 Å². The Balaban J connectivity index is 1.38. The molecule has 0 bridgehead atoms. The van der Waals surface area contributed by atoms with E-state index < -0.39 is 0 Å². The van der Waals surface area contributed by atoms with E-state index in [0.717, 1.165) is 47.0 Å². The Labute approximate surface area is 161 Å². The summed E-state index contributed by atoms with van der Waals surface area (Å²) in [7, 11) is 1.66. The molecule has 6 nitrogen and oxygen atoms in total. The number of hydrogen-bond acceptors (Lipinski definition) is 6. The molecule has 1 saturated heterocycles. The average Bonchev–Trinajstić information content (AvgIpc) is 3.13. The van der Waals surface area contributed by atoms with Crippen LogP contribution in [0.1, 0.15) is 12.8 Å². The lowest BCUT2D eigenvalue weighted by Crippen LogP contribution is -2.38. The minimum absolute atomic E-state index is 0.00970. The maximum Gasteiger partial charge on any atom is 0.227 e. The van der Waals surface area contributed by atoms with E-state index >= 15 is 0 Å². The number of thiazole rings is 1. The fourth-order valence-corrected chi connectivity index (χ4v) is 4.32. The van der Waals surface area contributed by atoms with Gasteiger partial charge in [-0.25, -0.2) is 4.98 Å². The quantitative estimate of drug-likeness (QED) is 0.669. The minimum Gasteiger partial charge on any atom is -0.508 e. The second kappa shape index (κ2) is 7.44. The van der Waals surface area contributed by atoms with Crippen LogP contribution in [0.2, 0.25) is 0 Å². The Morgan fingerprint density at radius 1 is 1.22 bits per heavy atom. The Kier molecular flexibility index (Phi) is 4.85. The third-order valence-electron chi connectivity index (χ3n) is 4.86. The van der Waals surface area contributed by atoms with Crippen molar-refractivity contribution in [2.24, 2.45) is 5.92 Å². The molecule has 140 valence electrons. The van der Waals surface area contributed by atoms with E-state index in [1.54, 1.807) is 42.7 Å². The van der Waals surface area contributed by atoms with Gasteiger partial charge in [-0.05, 0) is 55.3 Å². The molecular weight excluding hydrogens is 362 g/mol. The molecule has 2 N–H and O–H groups in total. The van der Waals surface area contributed by atoms with Crippen molar-refractivity contribution >= 4 is 38.3 Å². The summed E-state index contributed by atoms with van der Waals surface area (Å²) in [6.45, 7) is 1.62. The summed E-state index contributed by atoms with van der Waals surface area (Å²) in [4.78, 5) is 19.5. The van der Waals surface area contributed by atoms with Crippen LogP contribution in [-0.2, 0) is 4.79 Å². The van der Waals surface area contributed by atoms with Crippen LogP contribution in [0.5, 0.6) is 11.5 Å². The van der Waals surface area contributed by atoms with Crippen molar-refractivity contribution in [3.8, 4) is 11.5 Å². The number of methoxy groups -OCH3 is 1. The van der Waals surface area contributed by atoms with Crippen LogP contribution in [0.4, 0.5) is 10.8 Å². The van der Waals surface area contributed by atoms with Gasteiger partial charge >= 0.3 is 0 Å². The molecule has 4 rings (SSSR count). The van der Waals surface area contributed by atoms with Gasteiger partial charge in [0.25, 0.3) is 0 Å². The van der Waals surface area contributed by atoms with Gasteiger partial charge in [0.15, 0.2) is 5.13 Å². The van der Waals surface area contributed by atoms with Gasteiger partial charge in [-0.2, -0.15) is 0 Å². The first-order valence-corrected chi connectivity index (χ1v) is 9.73. The maximum atomic E-state index is 12.5. The normalized spacial score (nSPS) is 15.1. The summed E-state index contributed by atoms with van der Waals surface area (Å²) >= 11 is 1.66. The predicted molar refractivity (Wildman–Crippen MR) is 108 cm³/mol. The minimum atomic E-state index is -0.00970. The maximum absolute atomic E-state index is 12.5. The summed E-state index contributed by atoms with van der Waals surface area (Å²) < 4.78 is 6.39. The first kappa shape index (κ1) is 17.6. The number of nitrogens with one attached hydrogen (secondary N) is 1. The first-order chi connectivity index (χ1) is 13.1. The molecule has 27 heavy (non-hydrogen) atoms. The van der Waals surface area contributed by atoms with Crippen LogP contribution < -0.4 is 15.0 Å². The zero-order valence-electron chi connectivity index (χ0n) is 15.0.